The number of hydrogen-bond donors (Lipinski definition) is 1. The molecule has 0 radical (unpaired) electrons. The number of nitrogen functional groups attached to an aromatic ring is 1. The van der Waals surface area contributed by atoms with Crippen molar-refractivity contribution in [1.82, 2.24) is 10.1 Å². The smallest absolute Gasteiger partial charge is 0.268 e. The third-order valence-corrected chi connectivity index (χ3v) is 4.71. The molecule has 0 bridgehead atoms. The Morgan fingerprint density at radius 2 is 2.04 bits per heavy atom. The van der Waals surface area contributed by atoms with E-state index in [0.717, 1.165) is 12.8 Å². The topological polar surface area (TPSA) is 91.2 Å². The molecule has 2 N–H and O–H groups in total. The lowest BCUT2D eigenvalue weighted by atomic mass is 10.1. The lowest BCUT2D eigenvalue weighted by molar-refractivity contribution is 0.0967. The lowest BCUT2D eigenvalue weighted by Crippen LogP contribution is -2.07. The van der Waals surface area contributed by atoms with Crippen molar-refractivity contribution in [2.75, 3.05) is 5.73 Å². The zero-order valence-electron chi connectivity index (χ0n) is 15.4. The van der Waals surface area contributed by atoms with Crippen molar-refractivity contribution in [2.45, 2.75) is 32.3 Å². The maximum absolute atomic E-state index is 13.7. The molecule has 1 aliphatic rings. The van der Waals surface area contributed by atoms with E-state index in [2.05, 4.69) is 10.1 Å². The highest BCUT2D eigenvalue weighted by atomic mass is 19.1. The number of anilines is 1. The van der Waals surface area contributed by atoms with Crippen LogP contribution in [0.25, 0.3) is 11.4 Å². The molecule has 1 fully saturated rings. The van der Waals surface area contributed by atoms with Gasteiger partial charge >= 0.3 is 0 Å². The number of ether oxygens (including phenoxy) is 1. The molecule has 3 aromatic rings. The predicted octanol–water partition coefficient (Wildman–Crippen LogP) is 4.58. The second kappa shape index (κ2) is 7.42. The number of carbonyl (C=O) groups is 1. The molecule has 0 saturated heterocycles. The maximum Gasteiger partial charge on any atom is 0.268 e. The summed E-state index contributed by atoms with van der Waals surface area (Å²) in [5.41, 5.74) is 6.73. The summed E-state index contributed by atoms with van der Waals surface area (Å²) in [7, 11) is 0. The fourth-order valence-electron chi connectivity index (χ4n) is 2.90. The molecule has 4 rings (SSSR count). The summed E-state index contributed by atoms with van der Waals surface area (Å²) in [5, 5.41) is 3.91. The molecule has 2 aromatic carbocycles. The average Bonchev–Trinajstić information content (AvgIpc) is 3.45. The lowest BCUT2D eigenvalue weighted by Gasteiger charge is -2.13. The van der Waals surface area contributed by atoms with E-state index in [1.807, 2.05) is 6.92 Å². The van der Waals surface area contributed by atoms with E-state index >= 15 is 0 Å². The van der Waals surface area contributed by atoms with E-state index in [4.69, 9.17) is 15.0 Å². The van der Waals surface area contributed by atoms with Crippen LogP contribution in [0, 0.1) is 11.7 Å². The summed E-state index contributed by atoms with van der Waals surface area (Å²) in [5.74, 6) is 1.01. The third-order valence-electron chi connectivity index (χ3n) is 4.71. The Bertz CT molecular complexity index is 996. The van der Waals surface area contributed by atoms with E-state index in [9.17, 15) is 9.18 Å². The molecule has 7 heteroatoms. The molecule has 144 valence electrons. The van der Waals surface area contributed by atoms with Crippen molar-refractivity contribution in [2.24, 2.45) is 5.92 Å². The van der Waals surface area contributed by atoms with Gasteiger partial charge in [-0.3, -0.25) is 4.79 Å². The highest BCUT2D eigenvalue weighted by Crippen LogP contribution is 2.33. The number of halogens is 1. The molecule has 1 saturated carbocycles. The van der Waals surface area contributed by atoms with Gasteiger partial charge in [0.1, 0.15) is 11.6 Å². The van der Waals surface area contributed by atoms with Gasteiger partial charge in [-0.25, -0.2) is 4.39 Å². The van der Waals surface area contributed by atoms with Crippen LogP contribution in [0.15, 0.2) is 47.0 Å². The first-order valence-electron chi connectivity index (χ1n) is 9.25. The minimum absolute atomic E-state index is 0.0610. The Morgan fingerprint density at radius 3 is 2.68 bits per heavy atom. The number of rotatable bonds is 7. The minimum atomic E-state index is -0.534. The fourth-order valence-corrected chi connectivity index (χ4v) is 2.90. The Hall–Kier alpha value is -3.22. The van der Waals surface area contributed by atoms with Gasteiger partial charge in [-0.05, 0) is 61.7 Å². The number of aromatic nitrogens is 2. The molecule has 0 spiro atoms. The summed E-state index contributed by atoms with van der Waals surface area (Å²) in [6.45, 7) is 1.93. The molecule has 28 heavy (non-hydrogen) atoms. The van der Waals surface area contributed by atoms with Crippen molar-refractivity contribution in [3.63, 3.8) is 0 Å². The van der Waals surface area contributed by atoms with Gasteiger partial charge in [0.25, 0.3) is 5.89 Å². The Kier molecular flexibility index (Phi) is 4.81. The molecule has 1 aromatic heterocycles. The molecular weight excluding hydrogens is 361 g/mol. The van der Waals surface area contributed by atoms with E-state index in [1.54, 1.807) is 30.3 Å². The van der Waals surface area contributed by atoms with Gasteiger partial charge in [-0.2, -0.15) is 4.98 Å². The Balaban J connectivity index is 1.49. The largest absolute Gasteiger partial charge is 0.481 e. The van der Waals surface area contributed by atoms with Crippen molar-refractivity contribution in [3.05, 3.63) is 59.7 Å². The Labute approximate surface area is 161 Å². The van der Waals surface area contributed by atoms with Crippen LogP contribution in [0.4, 0.5) is 10.1 Å². The van der Waals surface area contributed by atoms with E-state index in [1.165, 1.54) is 12.1 Å². The fraction of sp³-hybridized carbons (Fsp3) is 0.286. The molecule has 0 amide bonds. The first-order valence-corrected chi connectivity index (χ1v) is 9.25. The highest BCUT2D eigenvalue weighted by molar-refractivity contribution is 5.99. The summed E-state index contributed by atoms with van der Waals surface area (Å²) in [4.78, 5) is 16.4. The van der Waals surface area contributed by atoms with E-state index in [0.29, 0.717) is 29.2 Å². The SMILES string of the molecule is CC[C@@H](Oc1ccc(C(=O)C2CC2)cc1)c1nc(-c2ccc(N)c(F)c2)no1. The monoisotopic (exact) mass is 381 g/mol. The number of nitrogens with two attached hydrogens (primary N) is 1. The predicted molar refractivity (Wildman–Crippen MR) is 101 cm³/mol. The van der Waals surface area contributed by atoms with Crippen molar-refractivity contribution < 1.29 is 18.4 Å². The molecular formula is C21H20FN3O3. The first kappa shape index (κ1) is 18.2. The Morgan fingerprint density at radius 1 is 1.29 bits per heavy atom. The molecule has 1 aliphatic carbocycles. The summed E-state index contributed by atoms with van der Waals surface area (Å²) in [6.07, 6.45) is 2.10. The quantitative estimate of drug-likeness (QED) is 0.476. The van der Waals surface area contributed by atoms with Crippen LogP contribution >= 0.6 is 0 Å². The standard InChI is InChI=1S/C21H20FN3O3/c1-2-18(27-15-8-5-13(6-9-15)19(26)12-3-4-12)21-24-20(25-28-21)14-7-10-17(23)16(22)11-14/h5-12,18H,2-4,23H2,1H3/t18-/m1/s1. The van der Waals surface area contributed by atoms with Gasteiger partial charge in [0.15, 0.2) is 11.9 Å². The second-order valence-electron chi connectivity index (χ2n) is 6.87. The average molecular weight is 381 g/mol. The summed E-state index contributed by atoms with van der Waals surface area (Å²) < 4.78 is 24.9. The van der Waals surface area contributed by atoms with Crippen LogP contribution in [0.5, 0.6) is 5.75 Å². The van der Waals surface area contributed by atoms with Gasteiger partial charge in [0, 0.05) is 17.0 Å². The highest BCUT2D eigenvalue weighted by Gasteiger charge is 2.30. The van der Waals surface area contributed by atoms with Gasteiger partial charge in [0.2, 0.25) is 5.82 Å². The normalized spacial score (nSPS) is 14.6. The maximum atomic E-state index is 13.7. The number of carbonyl (C=O) groups excluding carboxylic acids is 1. The number of ketones is 1. The number of hydrogen-bond acceptors (Lipinski definition) is 6. The van der Waals surface area contributed by atoms with Crippen molar-refractivity contribution in [1.29, 1.82) is 0 Å². The number of benzene rings is 2. The van der Waals surface area contributed by atoms with Crippen LogP contribution in [-0.4, -0.2) is 15.9 Å². The number of nitrogens with zero attached hydrogens (tertiary/aromatic N) is 2. The van der Waals surface area contributed by atoms with Gasteiger partial charge in [0.05, 0.1) is 5.69 Å². The first-order chi connectivity index (χ1) is 13.5. The van der Waals surface area contributed by atoms with Crippen molar-refractivity contribution >= 4 is 11.5 Å². The van der Waals surface area contributed by atoms with Crippen molar-refractivity contribution in [3.8, 4) is 17.1 Å². The second-order valence-corrected chi connectivity index (χ2v) is 6.87. The van der Waals surface area contributed by atoms with Gasteiger partial charge < -0.3 is 15.0 Å². The third kappa shape index (κ3) is 3.74. The number of Topliss-reactive ketones (excluding diaryl/α,β-unsaturated/α-hetero) is 1. The van der Waals surface area contributed by atoms with Crippen LogP contribution in [0.3, 0.4) is 0 Å². The van der Waals surface area contributed by atoms with Crippen LogP contribution < -0.4 is 10.5 Å². The van der Waals surface area contributed by atoms with Gasteiger partial charge in [-0.1, -0.05) is 12.1 Å². The zero-order valence-corrected chi connectivity index (χ0v) is 15.4. The molecule has 1 heterocycles. The van der Waals surface area contributed by atoms with E-state index in [-0.39, 0.29) is 23.2 Å². The molecule has 0 unspecified atom stereocenters. The van der Waals surface area contributed by atoms with Crippen LogP contribution in [0.2, 0.25) is 0 Å². The summed E-state index contributed by atoms with van der Waals surface area (Å²) in [6, 6.07) is 11.4. The summed E-state index contributed by atoms with van der Waals surface area (Å²) >= 11 is 0. The zero-order chi connectivity index (χ0) is 19.7. The molecule has 6 nitrogen and oxygen atoms in total. The van der Waals surface area contributed by atoms with Crippen LogP contribution in [-0.2, 0) is 0 Å². The van der Waals surface area contributed by atoms with Crippen LogP contribution in [0.1, 0.15) is 48.5 Å². The molecule has 1 atom stereocenters. The van der Waals surface area contributed by atoms with E-state index < -0.39 is 11.9 Å². The minimum Gasteiger partial charge on any atom is -0.481 e. The molecule has 0 aliphatic heterocycles. The van der Waals surface area contributed by atoms with Gasteiger partial charge in [-0.15, -0.1) is 0 Å².